The first-order valence-electron chi connectivity index (χ1n) is 10.6. The highest BCUT2D eigenvalue weighted by Crippen LogP contribution is 2.22. The molecule has 0 saturated carbocycles. The zero-order valence-electron chi connectivity index (χ0n) is 19.1. The standard InChI is InChI=1S/C24H26N4O6/c1-24(2,3)34-23(33)26-13-19(29)25-12-15-8-10-16(11-9-15)27-20(30)14-28-21(31)17-6-4-5-7-18(17)22(28)32/h4-11H,12-14H2,1-3H3,(H,25,29)(H,26,33)(H,27,30). The number of amides is 5. The fourth-order valence-corrected chi connectivity index (χ4v) is 3.16. The van der Waals surface area contributed by atoms with Crippen molar-refractivity contribution in [2.75, 3.05) is 18.4 Å². The highest BCUT2D eigenvalue weighted by molar-refractivity contribution is 6.22. The first-order valence-corrected chi connectivity index (χ1v) is 10.6. The number of benzene rings is 2. The van der Waals surface area contributed by atoms with Gasteiger partial charge in [0, 0.05) is 12.2 Å². The molecule has 0 atom stereocenters. The summed E-state index contributed by atoms with van der Waals surface area (Å²) in [6, 6.07) is 13.1. The average Bonchev–Trinajstić information content (AvgIpc) is 3.01. The lowest BCUT2D eigenvalue weighted by atomic mass is 10.1. The molecule has 1 heterocycles. The smallest absolute Gasteiger partial charge is 0.408 e. The Morgan fingerprint density at radius 2 is 1.44 bits per heavy atom. The Bertz CT molecular complexity index is 1090. The Morgan fingerprint density at radius 3 is 2.00 bits per heavy atom. The van der Waals surface area contributed by atoms with Crippen LogP contribution < -0.4 is 16.0 Å². The number of ether oxygens (including phenoxy) is 1. The van der Waals surface area contributed by atoms with Gasteiger partial charge in [-0.2, -0.15) is 0 Å². The fraction of sp³-hybridized carbons (Fsp3) is 0.292. The van der Waals surface area contributed by atoms with Gasteiger partial charge in [0.1, 0.15) is 18.7 Å². The van der Waals surface area contributed by atoms with Gasteiger partial charge in [-0.3, -0.25) is 24.1 Å². The number of carbonyl (C=O) groups excluding carboxylic acids is 5. The molecular formula is C24H26N4O6. The van der Waals surface area contributed by atoms with Crippen LogP contribution >= 0.6 is 0 Å². The van der Waals surface area contributed by atoms with Crippen molar-refractivity contribution in [1.82, 2.24) is 15.5 Å². The Kier molecular flexibility index (Phi) is 7.30. The van der Waals surface area contributed by atoms with Crippen LogP contribution in [0.4, 0.5) is 10.5 Å². The van der Waals surface area contributed by atoms with E-state index < -0.39 is 36.0 Å². The lowest BCUT2D eigenvalue weighted by Gasteiger charge is -2.19. The van der Waals surface area contributed by atoms with Crippen LogP contribution in [0.15, 0.2) is 48.5 Å². The van der Waals surface area contributed by atoms with Gasteiger partial charge in [0.05, 0.1) is 11.1 Å². The normalized spacial score (nSPS) is 12.7. The molecule has 3 rings (SSSR count). The van der Waals surface area contributed by atoms with E-state index >= 15 is 0 Å². The summed E-state index contributed by atoms with van der Waals surface area (Å²) < 4.78 is 5.06. The Labute approximate surface area is 196 Å². The van der Waals surface area contributed by atoms with Crippen molar-refractivity contribution < 1.29 is 28.7 Å². The van der Waals surface area contributed by atoms with Crippen molar-refractivity contribution >= 4 is 35.4 Å². The number of alkyl carbamates (subject to hydrolysis) is 1. The summed E-state index contributed by atoms with van der Waals surface area (Å²) in [6.07, 6.45) is -0.677. The van der Waals surface area contributed by atoms with Crippen LogP contribution in [0.1, 0.15) is 47.1 Å². The maximum atomic E-state index is 12.4. The highest BCUT2D eigenvalue weighted by Gasteiger charge is 2.36. The van der Waals surface area contributed by atoms with Crippen molar-refractivity contribution in [3.63, 3.8) is 0 Å². The van der Waals surface area contributed by atoms with Gasteiger partial charge in [0.25, 0.3) is 11.8 Å². The van der Waals surface area contributed by atoms with E-state index in [-0.39, 0.29) is 30.1 Å². The minimum absolute atomic E-state index is 0.220. The molecule has 0 fully saturated rings. The number of nitrogens with zero attached hydrogens (tertiary/aromatic N) is 1. The predicted molar refractivity (Wildman–Crippen MR) is 123 cm³/mol. The monoisotopic (exact) mass is 466 g/mol. The number of hydrogen-bond acceptors (Lipinski definition) is 6. The minimum atomic E-state index is -0.677. The van der Waals surface area contributed by atoms with Gasteiger partial charge in [0.15, 0.2) is 0 Å². The van der Waals surface area contributed by atoms with Crippen molar-refractivity contribution in [3.05, 3.63) is 65.2 Å². The van der Waals surface area contributed by atoms with Crippen molar-refractivity contribution in [3.8, 4) is 0 Å². The summed E-state index contributed by atoms with van der Waals surface area (Å²) in [5, 5.41) is 7.69. The summed E-state index contributed by atoms with van der Waals surface area (Å²) in [7, 11) is 0. The number of nitrogens with one attached hydrogen (secondary N) is 3. The largest absolute Gasteiger partial charge is 0.444 e. The predicted octanol–water partition coefficient (Wildman–Crippen LogP) is 2.06. The molecule has 0 aromatic heterocycles. The second kappa shape index (κ2) is 10.2. The molecule has 10 nitrogen and oxygen atoms in total. The Balaban J connectivity index is 1.44. The van der Waals surface area contributed by atoms with Crippen molar-refractivity contribution in [2.24, 2.45) is 0 Å². The first kappa shape index (κ1) is 24.4. The minimum Gasteiger partial charge on any atom is -0.444 e. The molecule has 34 heavy (non-hydrogen) atoms. The fourth-order valence-electron chi connectivity index (χ4n) is 3.16. The summed E-state index contributed by atoms with van der Waals surface area (Å²) >= 11 is 0. The van der Waals surface area contributed by atoms with Crippen LogP contribution in [-0.2, 0) is 20.9 Å². The highest BCUT2D eigenvalue weighted by atomic mass is 16.6. The zero-order chi connectivity index (χ0) is 24.9. The summed E-state index contributed by atoms with van der Waals surface area (Å²) in [5.41, 5.74) is 1.16. The molecule has 0 radical (unpaired) electrons. The number of carbonyl (C=O) groups is 5. The molecule has 1 aliphatic rings. The number of imide groups is 1. The van der Waals surface area contributed by atoms with Gasteiger partial charge in [-0.05, 0) is 50.6 Å². The van der Waals surface area contributed by atoms with E-state index in [0.29, 0.717) is 5.69 Å². The molecule has 2 aromatic carbocycles. The lowest BCUT2D eigenvalue weighted by Crippen LogP contribution is -2.39. The van der Waals surface area contributed by atoms with Crippen LogP contribution in [0.5, 0.6) is 0 Å². The van der Waals surface area contributed by atoms with Gasteiger partial charge in [0.2, 0.25) is 11.8 Å². The molecule has 0 unspecified atom stereocenters. The second-order valence-electron chi connectivity index (χ2n) is 8.62. The van der Waals surface area contributed by atoms with Crippen LogP contribution in [0.3, 0.4) is 0 Å². The zero-order valence-corrected chi connectivity index (χ0v) is 19.1. The quantitative estimate of drug-likeness (QED) is 0.535. The number of rotatable bonds is 7. The molecule has 0 saturated heterocycles. The van der Waals surface area contributed by atoms with E-state index in [1.807, 2.05) is 0 Å². The van der Waals surface area contributed by atoms with Gasteiger partial charge in [-0.25, -0.2) is 4.79 Å². The van der Waals surface area contributed by atoms with Crippen LogP contribution in [0.25, 0.3) is 0 Å². The Hall–Kier alpha value is -4.21. The topological polar surface area (TPSA) is 134 Å². The molecule has 0 bridgehead atoms. The molecule has 0 aliphatic carbocycles. The molecule has 5 amide bonds. The summed E-state index contributed by atoms with van der Waals surface area (Å²) in [5.74, 6) is -1.89. The van der Waals surface area contributed by atoms with Crippen LogP contribution in [0, 0.1) is 0 Å². The van der Waals surface area contributed by atoms with Gasteiger partial charge in [-0.15, -0.1) is 0 Å². The number of anilines is 1. The molecule has 10 heteroatoms. The van der Waals surface area contributed by atoms with Crippen LogP contribution in [0.2, 0.25) is 0 Å². The van der Waals surface area contributed by atoms with Gasteiger partial charge < -0.3 is 20.7 Å². The molecule has 178 valence electrons. The van der Waals surface area contributed by atoms with Gasteiger partial charge >= 0.3 is 6.09 Å². The molecule has 2 aromatic rings. The molecule has 3 N–H and O–H groups in total. The third kappa shape index (κ3) is 6.41. The second-order valence-corrected chi connectivity index (χ2v) is 8.62. The van der Waals surface area contributed by atoms with E-state index in [4.69, 9.17) is 4.74 Å². The van der Waals surface area contributed by atoms with E-state index in [2.05, 4.69) is 16.0 Å². The van der Waals surface area contributed by atoms with E-state index in [1.165, 1.54) is 0 Å². The molecule has 1 aliphatic heterocycles. The first-order chi connectivity index (χ1) is 16.0. The van der Waals surface area contributed by atoms with E-state index in [1.54, 1.807) is 69.3 Å². The third-order valence-electron chi connectivity index (χ3n) is 4.70. The third-order valence-corrected chi connectivity index (χ3v) is 4.70. The Morgan fingerprint density at radius 1 is 0.853 bits per heavy atom. The summed E-state index contributed by atoms with van der Waals surface area (Å²) in [6.45, 7) is 4.78. The van der Waals surface area contributed by atoms with Crippen molar-refractivity contribution in [1.29, 1.82) is 0 Å². The van der Waals surface area contributed by atoms with Gasteiger partial charge in [-0.1, -0.05) is 24.3 Å². The van der Waals surface area contributed by atoms with Crippen molar-refractivity contribution in [2.45, 2.75) is 32.9 Å². The van der Waals surface area contributed by atoms with E-state index in [9.17, 15) is 24.0 Å². The lowest BCUT2D eigenvalue weighted by molar-refractivity contribution is -0.120. The van der Waals surface area contributed by atoms with E-state index in [0.717, 1.165) is 10.5 Å². The van der Waals surface area contributed by atoms with Crippen LogP contribution in [-0.4, -0.2) is 53.3 Å². The summed E-state index contributed by atoms with van der Waals surface area (Å²) in [4.78, 5) is 61.5. The maximum absolute atomic E-state index is 12.4. The SMILES string of the molecule is CC(C)(C)OC(=O)NCC(=O)NCc1ccc(NC(=O)CN2C(=O)c3ccccc3C2=O)cc1. The molecular weight excluding hydrogens is 440 g/mol. The molecule has 0 spiro atoms. The number of hydrogen-bond donors (Lipinski definition) is 3. The average molecular weight is 466 g/mol. The number of fused-ring (bicyclic) bond motifs is 1. The maximum Gasteiger partial charge on any atom is 0.408 e.